The van der Waals surface area contributed by atoms with Crippen molar-refractivity contribution in [1.29, 1.82) is 0 Å². The molecule has 2 fully saturated rings. The first-order valence-electron chi connectivity index (χ1n) is 11.9. The number of hydrogen-bond donors (Lipinski definition) is 3. The van der Waals surface area contributed by atoms with Crippen molar-refractivity contribution in [3.8, 4) is 0 Å². The van der Waals surface area contributed by atoms with E-state index in [0.717, 1.165) is 12.0 Å². The summed E-state index contributed by atoms with van der Waals surface area (Å²) >= 11 is 5.85. The third-order valence-corrected chi connectivity index (χ3v) is 7.42. The van der Waals surface area contributed by atoms with Crippen LogP contribution in [-0.4, -0.2) is 51.1 Å². The van der Waals surface area contributed by atoms with Crippen molar-refractivity contribution in [2.75, 3.05) is 11.9 Å². The van der Waals surface area contributed by atoms with Crippen LogP contribution in [0.5, 0.6) is 0 Å². The fraction of sp³-hybridized carbons (Fsp3) is 0.346. The maximum atomic E-state index is 14.2. The first-order chi connectivity index (χ1) is 17.3. The zero-order chi connectivity index (χ0) is 25.6. The predicted molar refractivity (Wildman–Crippen MR) is 134 cm³/mol. The molecule has 0 radical (unpaired) electrons. The van der Waals surface area contributed by atoms with Crippen LogP contribution in [0.15, 0.2) is 42.6 Å². The molecule has 188 valence electrons. The average molecular weight is 513 g/mol. The normalized spacial score (nSPS) is 20.4. The third kappa shape index (κ3) is 4.44. The number of halogens is 2. The summed E-state index contributed by atoms with van der Waals surface area (Å²) in [4.78, 5) is 40.0. The van der Waals surface area contributed by atoms with E-state index in [-0.39, 0.29) is 42.2 Å². The number of aliphatic hydroxyl groups excluding tert-OH is 1. The Morgan fingerprint density at radius 2 is 1.97 bits per heavy atom. The zero-order valence-electron chi connectivity index (χ0n) is 19.4. The number of carbonyl (C=O) groups excluding carboxylic acids is 3. The van der Waals surface area contributed by atoms with Crippen LogP contribution in [0.25, 0.3) is 10.9 Å². The van der Waals surface area contributed by atoms with Crippen molar-refractivity contribution in [2.24, 2.45) is 11.7 Å². The first-order valence-corrected chi connectivity index (χ1v) is 12.3. The van der Waals surface area contributed by atoms with Gasteiger partial charge in [-0.05, 0) is 54.9 Å². The maximum absolute atomic E-state index is 14.2. The van der Waals surface area contributed by atoms with E-state index >= 15 is 0 Å². The molecule has 0 spiro atoms. The van der Waals surface area contributed by atoms with E-state index in [1.165, 1.54) is 16.8 Å². The molecule has 36 heavy (non-hydrogen) atoms. The molecule has 0 unspecified atom stereocenters. The lowest BCUT2D eigenvalue weighted by atomic mass is 10.00. The molecule has 1 aromatic heterocycles. The van der Waals surface area contributed by atoms with Crippen molar-refractivity contribution in [2.45, 2.75) is 44.2 Å². The number of nitrogens with one attached hydrogen (secondary N) is 1. The summed E-state index contributed by atoms with van der Waals surface area (Å²) in [7, 11) is 0. The second-order valence-corrected chi connectivity index (χ2v) is 9.81. The highest BCUT2D eigenvalue weighted by molar-refractivity contribution is 6.30. The van der Waals surface area contributed by atoms with Gasteiger partial charge in [-0.15, -0.1) is 0 Å². The fourth-order valence-electron chi connectivity index (χ4n) is 5.22. The number of amides is 3. The highest BCUT2D eigenvalue weighted by Crippen LogP contribution is 2.48. The Balaban J connectivity index is 1.34. The van der Waals surface area contributed by atoms with Crippen LogP contribution in [0.2, 0.25) is 5.02 Å². The number of ketones is 1. The molecule has 3 aromatic rings. The minimum absolute atomic E-state index is 0.0116. The highest BCUT2D eigenvalue weighted by Gasteiger charge is 2.55. The monoisotopic (exact) mass is 512 g/mol. The number of carbonyl (C=O) groups is 3. The molecule has 10 heteroatoms. The number of rotatable bonds is 7. The van der Waals surface area contributed by atoms with Crippen LogP contribution in [0, 0.1) is 11.7 Å². The van der Waals surface area contributed by atoms with Crippen molar-refractivity contribution < 1.29 is 23.9 Å². The molecule has 2 heterocycles. The number of nitrogens with zero attached hydrogens (tertiary/aromatic N) is 2. The number of fused-ring (bicyclic) bond motifs is 2. The molecule has 5 rings (SSSR count). The van der Waals surface area contributed by atoms with Gasteiger partial charge in [-0.1, -0.05) is 35.9 Å². The van der Waals surface area contributed by atoms with E-state index in [2.05, 4.69) is 5.32 Å². The van der Waals surface area contributed by atoms with E-state index in [9.17, 15) is 23.9 Å². The summed E-state index contributed by atoms with van der Waals surface area (Å²) in [6.45, 7) is -0.0384. The lowest BCUT2D eigenvalue weighted by Gasteiger charge is -2.27. The minimum atomic E-state index is -0.702. The standard InChI is InChI=1S/C26H26ClFN4O4/c27-18-3-1-2-15(24(18)28)5-7-23(34)22-12-16-11-20(16)32(22)26(36)30-19-13-31(25(29)35)21-10-14(8-9-33)4-6-17(19)21/h1-4,6,10,13,16,20,22,33H,5,7-9,11-12H2,(H2,29,35)(H,30,36)/t16-,20-,22+/m1/s1. The van der Waals surface area contributed by atoms with Gasteiger partial charge in [-0.25, -0.2) is 14.0 Å². The van der Waals surface area contributed by atoms with E-state index in [0.29, 0.717) is 35.0 Å². The topological polar surface area (TPSA) is 118 Å². The molecule has 1 aliphatic carbocycles. The van der Waals surface area contributed by atoms with E-state index in [1.54, 1.807) is 29.2 Å². The van der Waals surface area contributed by atoms with E-state index < -0.39 is 23.9 Å². The summed E-state index contributed by atoms with van der Waals surface area (Å²) in [6.07, 6.45) is 3.61. The SMILES string of the molecule is NC(=O)n1cc(NC(=O)N2[C@@H]3C[C@@H]3C[C@H]2C(=O)CCc2cccc(Cl)c2F)c2ccc(CCO)cc21. The molecular formula is C26H26ClFN4O4. The number of primary amides is 1. The summed E-state index contributed by atoms with van der Waals surface area (Å²) in [5, 5.41) is 12.7. The van der Waals surface area contributed by atoms with E-state index in [4.69, 9.17) is 17.3 Å². The molecule has 0 bridgehead atoms. The first kappa shape index (κ1) is 24.3. The van der Waals surface area contributed by atoms with Gasteiger partial charge in [0.2, 0.25) is 0 Å². The number of benzene rings is 2. The molecule has 2 aromatic carbocycles. The number of urea groups is 1. The number of aryl methyl sites for hydroxylation is 1. The molecular weight excluding hydrogens is 487 g/mol. The van der Waals surface area contributed by atoms with Gasteiger partial charge in [0.1, 0.15) is 5.82 Å². The largest absolute Gasteiger partial charge is 0.396 e. The molecule has 1 saturated heterocycles. The van der Waals surface area contributed by atoms with Crippen LogP contribution in [0.1, 0.15) is 30.4 Å². The Bertz CT molecular complexity index is 1370. The molecule has 3 amide bonds. The maximum Gasteiger partial charge on any atom is 0.323 e. The number of Topliss-reactive ketones (excluding diaryl/α,β-unsaturated/α-hetero) is 1. The summed E-state index contributed by atoms with van der Waals surface area (Å²) < 4.78 is 15.5. The average Bonchev–Trinajstić information content (AvgIpc) is 3.36. The lowest BCUT2D eigenvalue weighted by molar-refractivity contribution is -0.123. The second kappa shape index (κ2) is 9.55. The smallest absolute Gasteiger partial charge is 0.323 e. The van der Waals surface area contributed by atoms with Crippen molar-refractivity contribution >= 4 is 46.0 Å². The molecule has 3 atom stereocenters. The van der Waals surface area contributed by atoms with Crippen LogP contribution in [-0.2, 0) is 17.6 Å². The quantitative estimate of drug-likeness (QED) is 0.442. The Labute approximate surface area is 211 Å². The molecule has 1 saturated carbocycles. The summed E-state index contributed by atoms with van der Waals surface area (Å²) in [5.41, 5.74) is 7.65. The second-order valence-electron chi connectivity index (χ2n) is 9.41. The van der Waals surface area contributed by atoms with Gasteiger partial charge in [0.25, 0.3) is 0 Å². The van der Waals surface area contributed by atoms with E-state index in [1.807, 2.05) is 6.07 Å². The number of likely N-dealkylation sites (tertiary alicyclic amines) is 1. The van der Waals surface area contributed by atoms with Crippen molar-refractivity contribution in [3.63, 3.8) is 0 Å². The number of aliphatic hydroxyl groups is 1. The van der Waals surface area contributed by atoms with Gasteiger partial charge < -0.3 is 21.1 Å². The number of hydrogen-bond acceptors (Lipinski definition) is 4. The number of anilines is 1. The van der Waals surface area contributed by atoms with Gasteiger partial charge in [-0.2, -0.15) is 0 Å². The van der Waals surface area contributed by atoms with Crippen LogP contribution in [0.3, 0.4) is 0 Å². The molecule has 2 aliphatic rings. The molecule has 8 nitrogen and oxygen atoms in total. The highest BCUT2D eigenvalue weighted by atomic mass is 35.5. The Hall–Kier alpha value is -3.43. The minimum Gasteiger partial charge on any atom is -0.396 e. The van der Waals surface area contributed by atoms with Gasteiger partial charge >= 0.3 is 12.1 Å². The van der Waals surface area contributed by atoms with Crippen LogP contribution >= 0.6 is 11.6 Å². The molecule has 4 N–H and O–H groups in total. The van der Waals surface area contributed by atoms with Crippen molar-refractivity contribution in [1.82, 2.24) is 9.47 Å². The Morgan fingerprint density at radius 1 is 1.17 bits per heavy atom. The third-order valence-electron chi connectivity index (χ3n) is 7.13. The van der Waals surface area contributed by atoms with Gasteiger partial charge in [0, 0.05) is 30.7 Å². The number of piperidine rings is 1. The predicted octanol–water partition coefficient (Wildman–Crippen LogP) is 4.09. The Morgan fingerprint density at radius 3 is 2.72 bits per heavy atom. The molecule has 1 aliphatic heterocycles. The van der Waals surface area contributed by atoms with Gasteiger partial charge in [0.05, 0.1) is 22.3 Å². The fourth-order valence-corrected chi connectivity index (χ4v) is 5.41. The van der Waals surface area contributed by atoms with Gasteiger partial charge in [0.15, 0.2) is 5.78 Å². The van der Waals surface area contributed by atoms with Crippen molar-refractivity contribution in [3.05, 3.63) is 64.6 Å². The zero-order valence-corrected chi connectivity index (χ0v) is 20.2. The summed E-state index contributed by atoms with van der Waals surface area (Å²) in [5.74, 6) is -0.366. The Kier molecular flexibility index (Phi) is 6.44. The number of nitrogens with two attached hydrogens (primary N) is 1. The van der Waals surface area contributed by atoms with Crippen LogP contribution in [0.4, 0.5) is 19.7 Å². The van der Waals surface area contributed by atoms with Gasteiger partial charge in [-0.3, -0.25) is 9.36 Å². The number of aromatic nitrogens is 1. The lowest BCUT2D eigenvalue weighted by Crippen LogP contribution is -2.45. The van der Waals surface area contributed by atoms with Crippen LogP contribution < -0.4 is 11.1 Å². The summed E-state index contributed by atoms with van der Waals surface area (Å²) in [6, 6.07) is 8.31.